The summed E-state index contributed by atoms with van der Waals surface area (Å²) in [6.45, 7) is 2.61. The highest BCUT2D eigenvalue weighted by Crippen LogP contribution is 2.37. The molecule has 8 nitrogen and oxygen atoms in total. The van der Waals surface area contributed by atoms with Gasteiger partial charge < -0.3 is 19.5 Å². The molecule has 2 heterocycles. The lowest BCUT2D eigenvalue weighted by Gasteiger charge is -2.35. The molecule has 10 heteroatoms. The largest absolute Gasteiger partial charge is 0.486 e. The number of nitrogens with one attached hydrogen (secondary N) is 1. The van der Waals surface area contributed by atoms with E-state index >= 15 is 0 Å². The van der Waals surface area contributed by atoms with Crippen molar-refractivity contribution < 1.29 is 27.4 Å². The molecule has 0 saturated heterocycles. The van der Waals surface area contributed by atoms with E-state index in [1.807, 2.05) is 19.1 Å². The molecule has 3 aromatic carbocycles. The van der Waals surface area contributed by atoms with Gasteiger partial charge in [-0.2, -0.15) is 0 Å². The van der Waals surface area contributed by atoms with E-state index in [0.717, 1.165) is 5.56 Å². The summed E-state index contributed by atoms with van der Waals surface area (Å²) in [7, 11) is -3.97. The van der Waals surface area contributed by atoms with Crippen LogP contribution < -0.4 is 23.8 Å². The SMILES string of the molecule is C[C@@H](NC(=O)[C@@H]1CN(S(=O)(=O)c2ccc(Cl)cc2)c2ccccc2O1)c1ccc2c(c1)OCCO2. The van der Waals surface area contributed by atoms with Crippen molar-refractivity contribution in [1.82, 2.24) is 5.32 Å². The number of ether oxygens (including phenoxy) is 3. The summed E-state index contributed by atoms with van der Waals surface area (Å²) in [6, 6.07) is 17.8. The van der Waals surface area contributed by atoms with Gasteiger partial charge in [-0.25, -0.2) is 8.42 Å². The van der Waals surface area contributed by atoms with Crippen molar-refractivity contribution in [3.8, 4) is 17.2 Å². The lowest BCUT2D eigenvalue weighted by Crippen LogP contribution is -2.51. The number of benzene rings is 3. The number of hydrogen-bond acceptors (Lipinski definition) is 6. The molecular formula is C25H23ClN2O6S. The molecule has 0 aliphatic carbocycles. The molecule has 2 aliphatic heterocycles. The van der Waals surface area contributed by atoms with Crippen molar-refractivity contribution in [2.24, 2.45) is 0 Å². The monoisotopic (exact) mass is 514 g/mol. The van der Waals surface area contributed by atoms with Crippen LogP contribution in [0.5, 0.6) is 17.2 Å². The summed E-state index contributed by atoms with van der Waals surface area (Å²) in [4.78, 5) is 13.3. The second kappa shape index (κ2) is 9.31. The summed E-state index contributed by atoms with van der Waals surface area (Å²) in [5, 5.41) is 3.35. The van der Waals surface area contributed by atoms with Crippen molar-refractivity contribution in [2.75, 3.05) is 24.1 Å². The lowest BCUT2D eigenvalue weighted by molar-refractivity contribution is -0.128. The zero-order valence-corrected chi connectivity index (χ0v) is 20.4. The summed E-state index contributed by atoms with van der Waals surface area (Å²) in [6.07, 6.45) is -1.05. The Morgan fingerprint density at radius 2 is 1.71 bits per heavy atom. The number of nitrogens with zero attached hydrogens (tertiary/aromatic N) is 1. The maximum Gasteiger partial charge on any atom is 0.264 e. The molecule has 35 heavy (non-hydrogen) atoms. The Morgan fingerprint density at radius 3 is 2.49 bits per heavy atom. The standard InChI is InChI=1S/C25H23ClN2O6S/c1-16(17-6-11-22-23(14-17)33-13-12-32-22)27-25(29)24-15-28(20-4-2-3-5-21(20)34-24)35(30,31)19-9-7-18(26)8-10-19/h2-11,14,16,24H,12-13,15H2,1H3,(H,27,29)/t16-,24+/m1/s1. The van der Waals surface area contributed by atoms with E-state index in [0.29, 0.717) is 41.2 Å². The number of amides is 1. The van der Waals surface area contributed by atoms with Crippen molar-refractivity contribution in [3.63, 3.8) is 0 Å². The molecular weight excluding hydrogens is 492 g/mol. The predicted octanol–water partition coefficient (Wildman–Crippen LogP) is 3.94. The summed E-state index contributed by atoms with van der Waals surface area (Å²) in [5.74, 6) is 1.16. The fraction of sp³-hybridized carbons (Fsp3) is 0.240. The van der Waals surface area contributed by atoms with E-state index in [9.17, 15) is 13.2 Å². The molecule has 5 rings (SSSR count). The highest BCUT2D eigenvalue weighted by Gasteiger charge is 2.37. The number of carbonyl (C=O) groups excluding carboxylic acids is 1. The maximum absolute atomic E-state index is 13.5. The third kappa shape index (κ3) is 4.61. The number of halogens is 1. The molecule has 0 spiro atoms. The Balaban J connectivity index is 1.38. The van der Waals surface area contributed by atoms with E-state index in [4.69, 9.17) is 25.8 Å². The Morgan fingerprint density at radius 1 is 1.00 bits per heavy atom. The first-order chi connectivity index (χ1) is 16.8. The van der Waals surface area contributed by atoms with Crippen LogP contribution in [-0.2, 0) is 14.8 Å². The van der Waals surface area contributed by atoms with Crippen LogP contribution >= 0.6 is 11.6 Å². The minimum absolute atomic E-state index is 0.0717. The fourth-order valence-corrected chi connectivity index (χ4v) is 5.62. The number of hydrogen-bond donors (Lipinski definition) is 1. The molecule has 3 aromatic rings. The van der Waals surface area contributed by atoms with Gasteiger partial charge in [-0.15, -0.1) is 0 Å². The van der Waals surface area contributed by atoms with E-state index in [1.54, 1.807) is 30.3 Å². The molecule has 0 saturated carbocycles. The molecule has 0 bridgehead atoms. The van der Waals surface area contributed by atoms with Crippen LogP contribution in [0, 0.1) is 0 Å². The maximum atomic E-state index is 13.5. The van der Waals surface area contributed by atoms with Crippen LogP contribution in [0.15, 0.2) is 71.6 Å². The van der Waals surface area contributed by atoms with Gasteiger partial charge in [0.2, 0.25) is 0 Å². The first kappa shape index (κ1) is 23.3. The number of rotatable bonds is 5. The third-order valence-corrected chi connectivity index (χ3v) is 7.90. The Bertz CT molecular complexity index is 1360. The summed E-state index contributed by atoms with van der Waals surface area (Å²) >= 11 is 5.94. The van der Waals surface area contributed by atoms with Crippen LogP contribution in [0.3, 0.4) is 0 Å². The quantitative estimate of drug-likeness (QED) is 0.554. The molecule has 2 aliphatic rings. The number of para-hydroxylation sites is 2. The Kier molecular flexibility index (Phi) is 6.21. The van der Waals surface area contributed by atoms with Gasteiger partial charge in [0, 0.05) is 5.02 Å². The van der Waals surface area contributed by atoms with Crippen LogP contribution in [0.25, 0.3) is 0 Å². The second-order valence-corrected chi connectivity index (χ2v) is 10.5. The number of carbonyl (C=O) groups is 1. The van der Waals surface area contributed by atoms with Crippen molar-refractivity contribution in [1.29, 1.82) is 0 Å². The van der Waals surface area contributed by atoms with Crippen molar-refractivity contribution >= 4 is 33.2 Å². The zero-order chi connectivity index (χ0) is 24.6. The summed E-state index contributed by atoms with van der Waals surface area (Å²) < 4.78 is 45.3. The fourth-order valence-electron chi connectivity index (χ4n) is 4.02. The van der Waals surface area contributed by atoms with Crippen LogP contribution in [0.2, 0.25) is 5.02 Å². The average molecular weight is 515 g/mol. The first-order valence-electron chi connectivity index (χ1n) is 11.1. The molecule has 0 fully saturated rings. The smallest absolute Gasteiger partial charge is 0.264 e. The predicted molar refractivity (Wildman–Crippen MR) is 131 cm³/mol. The van der Waals surface area contributed by atoms with Gasteiger partial charge in [0.05, 0.1) is 23.2 Å². The molecule has 0 unspecified atom stereocenters. The topological polar surface area (TPSA) is 94.2 Å². The van der Waals surface area contributed by atoms with E-state index < -0.39 is 22.0 Å². The van der Waals surface area contributed by atoms with Gasteiger partial charge in [-0.1, -0.05) is 29.8 Å². The zero-order valence-electron chi connectivity index (χ0n) is 18.8. The highest BCUT2D eigenvalue weighted by atomic mass is 35.5. The minimum Gasteiger partial charge on any atom is -0.486 e. The van der Waals surface area contributed by atoms with E-state index in [-0.39, 0.29) is 17.5 Å². The van der Waals surface area contributed by atoms with Crippen LogP contribution in [0.1, 0.15) is 18.5 Å². The number of anilines is 1. The van der Waals surface area contributed by atoms with E-state index in [2.05, 4.69) is 5.32 Å². The summed E-state index contributed by atoms with van der Waals surface area (Å²) in [5.41, 5.74) is 1.19. The minimum atomic E-state index is -3.97. The third-order valence-electron chi connectivity index (χ3n) is 5.85. The number of sulfonamides is 1. The van der Waals surface area contributed by atoms with E-state index in [1.165, 1.54) is 28.6 Å². The Labute approximate surface area is 208 Å². The molecule has 2 atom stereocenters. The second-order valence-electron chi connectivity index (χ2n) is 8.20. The van der Waals surface area contributed by atoms with Crippen molar-refractivity contribution in [3.05, 3.63) is 77.3 Å². The molecule has 0 aromatic heterocycles. The van der Waals surface area contributed by atoms with Crippen LogP contribution in [0.4, 0.5) is 5.69 Å². The Hall–Kier alpha value is -3.43. The van der Waals surface area contributed by atoms with Gasteiger partial charge in [0.1, 0.15) is 19.0 Å². The van der Waals surface area contributed by atoms with Gasteiger partial charge in [0.25, 0.3) is 15.9 Å². The van der Waals surface area contributed by atoms with Gasteiger partial charge in [-0.3, -0.25) is 9.10 Å². The first-order valence-corrected chi connectivity index (χ1v) is 12.9. The molecule has 0 radical (unpaired) electrons. The molecule has 1 N–H and O–H groups in total. The van der Waals surface area contributed by atoms with Gasteiger partial charge in [0.15, 0.2) is 17.6 Å². The average Bonchev–Trinajstić information content (AvgIpc) is 2.87. The lowest BCUT2D eigenvalue weighted by atomic mass is 10.1. The molecule has 182 valence electrons. The van der Waals surface area contributed by atoms with Crippen molar-refractivity contribution in [2.45, 2.75) is 24.0 Å². The highest BCUT2D eigenvalue weighted by molar-refractivity contribution is 7.92. The number of fused-ring (bicyclic) bond motifs is 2. The van der Waals surface area contributed by atoms with Crippen LogP contribution in [-0.4, -0.2) is 40.2 Å². The van der Waals surface area contributed by atoms with Gasteiger partial charge in [-0.05, 0) is 61.0 Å². The normalized spacial score (nSPS) is 17.7. The van der Waals surface area contributed by atoms with Gasteiger partial charge >= 0.3 is 0 Å². The molecule has 1 amide bonds.